The van der Waals surface area contributed by atoms with Gasteiger partial charge in [-0.15, -0.1) is 0 Å². The van der Waals surface area contributed by atoms with E-state index in [1.165, 1.54) is 18.4 Å². The first-order chi connectivity index (χ1) is 8.76. The number of aromatic nitrogens is 1. The maximum atomic E-state index is 5.97. The summed E-state index contributed by atoms with van der Waals surface area (Å²) in [5.41, 5.74) is 8.23. The summed E-state index contributed by atoms with van der Waals surface area (Å²) in [4.78, 5) is 6.85. The number of rotatable bonds is 7. The van der Waals surface area contributed by atoms with E-state index in [4.69, 9.17) is 10.5 Å². The Balaban J connectivity index is 2.11. The fourth-order valence-electron chi connectivity index (χ4n) is 2.34. The highest BCUT2D eigenvalue weighted by Gasteiger charge is 2.33. The highest BCUT2D eigenvalue weighted by molar-refractivity contribution is 5.18. The van der Waals surface area contributed by atoms with Gasteiger partial charge in [0.05, 0.1) is 6.61 Å². The Hall–Kier alpha value is -0.970. The monoisotopic (exact) mass is 249 g/mol. The van der Waals surface area contributed by atoms with Gasteiger partial charge < -0.3 is 10.5 Å². The van der Waals surface area contributed by atoms with Crippen molar-refractivity contribution in [3.05, 3.63) is 29.6 Å². The molecular formula is C14H23N3O. The molecule has 0 spiro atoms. The van der Waals surface area contributed by atoms with E-state index in [0.29, 0.717) is 12.6 Å². The Kier molecular flexibility index (Phi) is 4.69. The smallest absolute Gasteiger partial charge is 0.0590 e. The lowest BCUT2D eigenvalue weighted by molar-refractivity contribution is 0.115. The predicted octanol–water partition coefficient (Wildman–Crippen LogP) is 1.50. The lowest BCUT2D eigenvalue weighted by Gasteiger charge is -2.31. The second-order valence-electron chi connectivity index (χ2n) is 4.95. The van der Waals surface area contributed by atoms with Gasteiger partial charge in [0.15, 0.2) is 0 Å². The van der Waals surface area contributed by atoms with E-state index in [9.17, 15) is 0 Å². The van der Waals surface area contributed by atoms with Gasteiger partial charge >= 0.3 is 0 Å². The number of hydrogen-bond donors (Lipinski definition) is 1. The molecule has 1 aliphatic rings. The molecule has 1 aliphatic carbocycles. The topological polar surface area (TPSA) is 51.4 Å². The Morgan fingerprint density at radius 3 is 2.78 bits per heavy atom. The molecule has 2 N–H and O–H groups in total. The number of methoxy groups -OCH3 is 1. The van der Waals surface area contributed by atoms with Crippen molar-refractivity contribution in [3.63, 3.8) is 0 Å². The van der Waals surface area contributed by atoms with Crippen LogP contribution in [0.4, 0.5) is 0 Å². The van der Waals surface area contributed by atoms with E-state index in [0.717, 1.165) is 18.8 Å². The van der Waals surface area contributed by atoms with Gasteiger partial charge in [-0.25, -0.2) is 0 Å². The first-order valence-electron chi connectivity index (χ1n) is 6.63. The number of nitrogens with two attached hydrogens (primary N) is 1. The van der Waals surface area contributed by atoms with Crippen molar-refractivity contribution >= 4 is 0 Å². The Bertz CT molecular complexity index is 362. The summed E-state index contributed by atoms with van der Waals surface area (Å²) in [5, 5.41) is 0. The van der Waals surface area contributed by atoms with Crippen LogP contribution in [0, 0.1) is 6.92 Å². The fraction of sp³-hybridized carbons (Fsp3) is 0.643. The SMILES string of the molecule is COCCN(C1CC1)C(CN)c1ccc(C)nc1. The molecule has 0 bridgehead atoms. The molecule has 0 aliphatic heterocycles. The van der Waals surface area contributed by atoms with E-state index in [1.807, 2.05) is 13.1 Å². The van der Waals surface area contributed by atoms with Crippen molar-refractivity contribution in [2.75, 3.05) is 26.8 Å². The molecule has 1 aromatic rings. The maximum absolute atomic E-state index is 5.97. The van der Waals surface area contributed by atoms with Crippen LogP contribution in [-0.2, 0) is 4.74 Å². The van der Waals surface area contributed by atoms with Gasteiger partial charge in [-0.1, -0.05) is 6.07 Å². The maximum Gasteiger partial charge on any atom is 0.0590 e. The predicted molar refractivity (Wildman–Crippen MR) is 72.4 cm³/mol. The average Bonchev–Trinajstić information content (AvgIpc) is 3.20. The molecule has 1 saturated carbocycles. The highest BCUT2D eigenvalue weighted by Crippen LogP contribution is 2.33. The molecule has 1 aromatic heterocycles. The van der Waals surface area contributed by atoms with E-state index >= 15 is 0 Å². The Morgan fingerprint density at radius 1 is 1.50 bits per heavy atom. The summed E-state index contributed by atoms with van der Waals surface area (Å²) < 4.78 is 5.20. The molecule has 18 heavy (non-hydrogen) atoms. The Morgan fingerprint density at radius 2 is 2.28 bits per heavy atom. The lowest BCUT2D eigenvalue weighted by atomic mass is 10.1. The standard InChI is InChI=1S/C14H23N3O/c1-11-3-4-12(10-16-11)14(9-15)17(7-8-18-2)13-5-6-13/h3-4,10,13-14H,5-9,15H2,1-2H3. The third-order valence-corrected chi connectivity index (χ3v) is 3.51. The number of ether oxygens (including phenoxy) is 1. The molecule has 1 heterocycles. The van der Waals surface area contributed by atoms with Crippen LogP contribution < -0.4 is 5.73 Å². The molecule has 4 nitrogen and oxygen atoms in total. The van der Waals surface area contributed by atoms with Crippen LogP contribution >= 0.6 is 0 Å². The second kappa shape index (κ2) is 6.27. The normalized spacial score (nSPS) is 17.1. The van der Waals surface area contributed by atoms with Crippen LogP contribution in [0.25, 0.3) is 0 Å². The molecule has 1 fully saturated rings. The van der Waals surface area contributed by atoms with Gasteiger partial charge in [0.2, 0.25) is 0 Å². The van der Waals surface area contributed by atoms with Gasteiger partial charge in [0.1, 0.15) is 0 Å². The summed E-state index contributed by atoms with van der Waals surface area (Å²) in [6.07, 6.45) is 4.51. The van der Waals surface area contributed by atoms with E-state index in [1.54, 1.807) is 7.11 Å². The van der Waals surface area contributed by atoms with E-state index in [-0.39, 0.29) is 6.04 Å². The first kappa shape index (κ1) is 13.5. The molecule has 0 amide bonds. The van der Waals surface area contributed by atoms with Crippen LogP contribution in [0.15, 0.2) is 18.3 Å². The molecule has 1 unspecified atom stereocenters. The van der Waals surface area contributed by atoms with Gasteiger partial charge in [0.25, 0.3) is 0 Å². The average molecular weight is 249 g/mol. The molecule has 0 radical (unpaired) electrons. The summed E-state index contributed by atoms with van der Waals surface area (Å²) in [6, 6.07) is 5.14. The number of nitrogens with zero attached hydrogens (tertiary/aromatic N) is 2. The van der Waals surface area contributed by atoms with Crippen LogP contribution in [-0.4, -0.2) is 42.7 Å². The van der Waals surface area contributed by atoms with Gasteiger partial charge in [-0.2, -0.15) is 0 Å². The lowest BCUT2D eigenvalue weighted by Crippen LogP contribution is -2.37. The van der Waals surface area contributed by atoms with Crippen LogP contribution in [0.3, 0.4) is 0 Å². The summed E-state index contributed by atoms with van der Waals surface area (Å²) in [5.74, 6) is 0. The first-order valence-corrected chi connectivity index (χ1v) is 6.63. The minimum atomic E-state index is 0.265. The van der Waals surface area contributed by atoms with E-state index < -0.39 is 0 Å². The molecule has 1 atom stereocenters. The summed E-state index contributed by atoms with van der Waals surface area (Å²) in [6.45, 7) is 4.33. The third kappa shape index (κ3) is 3.28. The van der Waals surface area contributed by atoms with Crippen molar-refractivity contribution in [2.45, 2.75) is 31.8 Å². The zero-order valence-electron chi connectivity index (χ0n) is 11.3. The van der Waals surface area contributed by atoms with Crippen molar-refractivity contribution in [2.24, 2.45) is 5.73 Å². The minimum Gasteiger partial charge on any atom is -0.383 e. The quantitative estimate of drug-likeness (QED) is 0.795. The highest BCUT2D eigenvalue weighted by atomic mass is 16.5. The molecule has 2 rings (SSSR count). The number of hydrogen-bond acceptors (Lipinski definition) is 4. The van der Waals surface area contributed by atoms with Crippen LogP contribution in [0.2, 0.25) is 0 Å². The van der Waals surface area contributed by atoms with Crippen molar-refractivity contribution in [1.29, 1.82) is 0 Å². The summed E-state index contributed by atoms with van der Waals surface area (Å²) in [7, 11) is 1.75. The Labute approximate surface area is 109 Å². The number of pyridine rings is 1. The van der Waals surface area contributed by atoms with E-state index in [2.05, 4.69) is 22.0 Å². The molecule has 100 valence electrons. The zero-order chi connectivity index (χ0) is 13.0. The van der Waals surface area contributed by atoms with Crippen molar-refractivity contribution in [3.8, 4) is 0 Å². The second-order valence-corrected chi connectivity index (χ2v) is 4.95. The van der Waals surface area contributed by atoms with Gasteiger partial charge in [0, 0.05) is 44.2 Å². The molecule has 4 heteroatoms. The fourth-order valence-corrected chi connectivity index (χ4v) is 2.34. The number of aryl methyl sites for hydroxylation is 1. The van der Waals surface area contributed by atoms with Crippen molar-refractivity contribution < 1.29 is 4.74 Å². The molecule has 0 aromatic carbocycles. The largest absolute Gasteiger partial charge is 0.383 e. The zero-order valence-corrected chi connectivity index (χ0v) is 11.3. The minimum absolute atomic E-state index is 0.265. The van der Waals surface area contributed by atoms with Crippen molar-refractivity contribution in [1.82, 2.24) is 9.88 Å². The molecule has 0 saturated heterocycles. The van der Waals surface area contributed by atoms with Gasteiger partial charge in [-0.05, 0) is 31.4 Å². The summed E-state index contributed by atoms with van der Waals surface area (Å²) >= 11 is 0. The van der Waals surface area contributed by atoms with Crippen LogP contribution in [0.5, 0.6) is 0 Å². The van der Waals surface area contributed by atoms with Gasteiger partial charge in [-0.3, -0.25) is 9.88 Å². The molecular weight excluding hydrogens is 226 g/mol. The third-order valence-electron chi connectivity index (χ3n) is 3.51. The van der Waals surface area contributed by atoms with Crippen LogP contribution in [0.1, 0.15) is 30.1 Å².